The van der Waals surface area contributed by atoms with E-state index in [-0.39, 0.29) is 18.3 Å². The lowest BCUT2D eigenvalue weighted by atomic mass is 9.90. The number of carbonyl (C=O) groups is 2. The predicted molar refractivity (Wildman–Crippen MR) is 110 cm³/mol. The van der Waals surface area contributed by atoms with E-state index in [0.29, 0.717) is 16.5 Å². The molecule has 1 atom stereocenters. The molecule has 2 aromatic carbocycles. The average Bonchev–Trinajstić information content (AvgIpc) is 3.44. The number of nitrogens with zero attached hydrogens (tertiary/aromatic N) is 3. The minimum absolute atomic E-state index is 0.0915. The SMILES string of the molecule is CC1(c2ccc3c(c2)CCC3)NC(=O)N(Cc2nnc(-c3ccc(Cl)cc3)o2)C1=O. The smallest absolute Gasteiger partial charge is 0.325 e. The first-order valence-corrected chi connectivity index (χ1v) is 10.2. The van der Waals surface area contributed by atoms with Gasteiger partial charge in [0.15, 0.2) is 0 Å². The molecule has 0 bridgehead atoms. The lowest BCUT2D eigenvalue weighted by Crippen LogP contribution is -2.41. The van der Waals surface area contributed by atoms with Crippen molar-refractivity contribution in [3.05, 3.63) is 70.1 Å². The third kappa shape index (κ3) is 3.06. The summed E-state index contributed by atoms with van der Waals surface area (Å²) in [4.78, 5) is 26.9. The fourth-order valence-electron chi connectivity index (χ4n) is 4.08. The van der Waals surface area contributed by atoms with Gasteiger partial charge in [0, 0.05) is 10.6 Å². The van der Waals surface area contributed by atoms with Crippen molar-refractivity contribution in [3.63, 3.8) is 0 Å². The molecule has 1 N–H and O–H groups in total. The number of urea groups is 1. The molecule has 1 unspecified atom stereocenters. The molecule has 8 heteroatoms. The lowest BCUT2D eigenvalue weighted by molar-refractivity contribution is -0.131. The lowest BCUT2D eigenvalue weighted by Gasteiger charge is -2.23. The molecular formula is C22H19ClN4O3. The Hall–Kier alpha value is -3.19. The molecule has 2 heterocycles. The summed E-state index contributed by atoms with van der Waals surface area (Å²) in [6.07, 6.45) is 3.18. The topological polar surface area (TPSA) is 88.3 Å². The van der Waals surface area contributed by atoms with Crippen molar-refractivity contribution in [2.45, 2.75) is 38.3 Å². The number of amides is 3. The van der Waals surface area contributed by atoms with Crippen LogP contribution in [0.4, 0.5) is 4.79 Å². The first kappa shape index (κ1) is 18.8. The number of hydrogen-bond donors (Lipinski definition) is 1. The maximum Gasteiger partial charge on any atom is 0.325 e. The number of rotatable bonds is 4. The van der Waals surface area contributed by atoms with Gasteiger partial charge in [-0.2, -0.15) is 0 Å². The van der Waals surface area contributed by atoms with E-state index in [9.17, 15) is 9.59 Å². The summed E-state index contributed by atoms with van der Waals surface area (Å²) >= 11 is 5.90. The number of carbonyl (C=O) groups excluding carboxylic acids is 2. The minimum atomic E-state index is -1.12. The highest BCUT2D eigenvalue weighted by atomic mass is 35.5. The zero-order valence-corrected chi connectivity index (χ0v) is 17.1. The van der Waals surface area contributed by atoms with E-state index in [1.165, 1.54) is 11.1 Å². The monoisotopic (exact) mass is 422 g/mol. The quantitative estimate of drug-likeness (QED) is 0.645. The van der Waals surface area contributed by atoms with E-state index in [2.05, 4.69) is 21.6 Å². The molecule has 5 rings (SSSR count). The Morgan fingerprint density at radius 2 is 1.87 bits per heavy atom. The van der Waals surface area contributed by atoms with Gasteiger partial charge < -0.3 is 9.73 Å². The Kier molecular flexibility index (Phi) is 4.36. The number of aromatic nitrogens is 2. The third-order valence-corrected chi connectivity index (χ3v) is 6.05. The van der Waals surface area contributed by atoms with Gasteiger partial charge in [-0.15, -0.1) is 10.2 Å². The highest BCUT2D eigenvalue weighted by Gasteiger charge is 2.49. The predicted octanol–water partition coefficient (Wildman–Crippen LogP) is 3.85. The third-order valence-electron chi connectivity index (χ3n) is 5.80. The Balaban J connectivity index is 1.38. The van der Waals surface area contributed by atoms with E-state index in [4.69, 9.17) is 16.0 Å². The van der Waals surface area contributed by atoms with Crippen LogP contribution >= 0.6 is 11.6 Å². The van der Waals surface area contributed by atoms with Gasteiger partial charge >= 0.3 is 6.03 Å². The van der Waals surface area contributed by atoms with Crippen LogP contribution in [0.5, 0.6) is 0 Å². The molecule has 0 radical (unpaired) electrons. The summed E-state index contributed by atoms with van der Waals surface area (Å²) in [6.45, 7) is 1.64. The van der Waals surface area contributed by atoms with Gasteiger partial charge in [0.25, 0.3) is 5.91 Å². The summed E-state index contributed by atoms with van der Waals surface area (Å²) in [6, 6.07) is 12.5. The van der Waals surface area contributed by atoms with Gasteiger partial charge in [-0.05, 0) is 67.1 Å². The number of nitrogens with one attached hydrogen (secondary N) is 1. The molecule has 0 spiro atoms. The van der Waals surface area contributed by atoms with Crippen molar-refractivity contribution in [1.82, 2.24) is 20.4 Å². The van der Waals surface area contributed by atoms with E-state index >= 15 is 0 Å². The second kappa shape index (κ2) is 6.95. The molecule has 1 aliphatic heterocycles. The molecule has 30 heavy (non-hydrogen) atoms. The van der Waals surface area contributed by atoms with Crippen LogP contribution in [-0.4, -0.2) is 27.0 Å². The van der Waals surface area contributed by atoms with E-state index in [1.54, 1.807) is 31.2 Å². The molecule has 1 aromatic heterocycles. The second-order valence-corrected chi connectivity index (χ2v) is 8.23. The first-order valence-electron chi connectivity index (χ1n) is 9.79. The van der Waals surface area contributed by atoms with Crippen molar-refractivity contribution in [3.8, 4) is 11.5 Å². The van der Waals surface area contributed by atoms with Crippen LogP contribution in [-0.2, 0) is 29.7 Å². The minimum Gasteiger partial charge on any atom is -0.419 e. The fourth-order valence-corrected chi connectivity index (χ4v) is 4.21. The molecule has 3 aromatic rings. The average molecular weight is 423 g/mol. The van der Waals surface area contributed by atoms with Gasteiger partial charge in [0.1, 0.15) is 12.1 Å². The Morgan fingerprint density at radius 3 is 2.67 bits per heavy atom. The van der Waals surface area contributed by atoms with Gasteiger partial charge in [-0.3, -0.25) is 9.69 Å². The Bertz CT molecular complexity index is 1160. The van der Waals surface area contributed by atoms with Crippen molar-refractivity contribution in [2.24, 2.45) is 0 Å². The number of halogens is 1. The molecule has 0 saturated carbocycles. The number of hydrogen-bond acceptors (Lipinski definition) is 5. The number of benzene rings is 2. The second-order valence-electron chi connectivity index (χ2n) is 7.79. The van der Waals surface area contributed by atoms with Crippen molar-refractivity contribution in [1.29, 1.82) is 0 Å². The first-order chi connectivity index (χ1) is 14.4. The van der Waals surface area contributed by atoms with Crippen LogP contribution in [0.15, 0.2) is 46.9 Å². The Morgan fingerprint density at radius 1 is 1.10 bits per heavy atom. The normalized spacial score (nSPS) is 20.5. The number of fused-ring (bicyclic) bond motifs is 1. The van der Waals surface area contributed by atoms with Crippen molar-refractivity contribution in [2.75, 3.05) is 0 Å². The van der Waals surface area contributed by atoms with Crippen LogP contribution in [0.2, 0.25) is 5.02 Å². The van der Waals surface area contributed by atoms with Crippen LogP contribution in [0, 0.1) is 0 Å². The van der Waals surface area contributed by atoms with Gasteiger partial charge in [0.05, 0.1) is 0 Å². The van der Waals surface area contributed by atoms with Crippen molar-refractivity contribution >= 4 is 23.5 Å². The largest absolute Gasteiger partial charge is 0.419 e. The van der Waals surface area contributed by atoms with Crippen LogP contribution in [0.3, 0.4) is 0 Å². The van der Waals surface area contributed by atoms with E-state index < -0.39 is 11.6 Å². The van der Waals surface area contributed by atoms with E-state index in [0.717, 1.165) is 29.7 Å². The van der Waals surface area contributed by atoms with Crippen LogP contribution in [0.25, 0.3) is 11.5 Å². The number of aryl methyl sites for hydroxylation is 2. The molecular weight excluding hydrogens is 404 g/mol. The fraction of sp³-hybridized carbons (Fsp3) is 0.273. The highest BCUT2D eigenvalue weighted by Crippen LogP contribution is 2.33. The Labute approximate surface area is 178 Å². The summed E-state index contributed by atoms with van der Waals surface area (Å²) in [7, 11) is 0. The number of imide groups is 1. The molecule has 2 aliphatic rings. The molecule has 7 nitrogen and oxygen atoms in total. The van der Waals surface area contributed by atoms with Gasteiger partial charge in [0.2, 0.25) is 11.8 Å². The van der Waals surface area contributed by atoms with Gasteiger partial charge in [-0.25, -0.2) is 4.79 Å². The summed E-state index contributed by atoms with van der Waals surface area (Å²) < 4.78 is 5.66. The van der Waals surface area contributed by atoms with Crippen LogP contribution in [0.1, 0.15) is 35.9 Å². The molecule has 3 amide bonds. The zero-order chi connectivity index (χ0) is 20.9. The molecule has 1 saturated heterocycles. The molecule has 1 fully saturated rings. The summed E-state index contributed by atoms with van der Waals surface area (Å²) in [5.74, 6) is 0.147. The maximum atomic E-state index is 13.2. The summed E-state index contributed by atoms with van der Waals surface area (Å²) in [5.41, 5.74) is 2.94. The van der Waals surface area contributed by atoms with Gasteiger partial charge in [-0.1, -0.05) is 29.8 Å². The molecule has 1 aliphatic carbocycles. The summed E-state index contributed by atoms with van der Waals surface area (Å²) in [5, 5.41) is 11.4. The standard InChI is InChI=1S/C22H19ClN4O3/c1-22(16-8-5-13-3-2-4-15(13)11-16)20(28)27(21(29)24-22)12-18-25-26-19(30-18)14-6-9-17(23)10-7-14/h5-11H,2-4,12H2,1H3,(H,24,29). The zero-order valence-electron chi connectivity index (χ0n) is 16.3. The highest BCUT2D eigenvalue weighted by molar-refractivity contribution is 6.30. The maximum absolute atomic E-state index is 13.2. The van der Waals surface area contributed by atoms with Crippen molar-refractivity contribution < 1.29 is 14.0 Å². The van der Waals surface area contributed by atoms with E-state index in [1.807, 2.05) is 12.1 Å². The van der Waals surface area contributed by atoms with Crippen LogP contribution < -0.4 is 5.32 Å². The molecule has 152 valence electrons.